The van der Waals surface area contributed by atoms with E-state index < -0.39 is 0 Å². The van der Waals surface area contributed by atoms with Crippen LogP contribution in [0.5, 0.6) is 11.5 Å². The first kappa shape index (κ1) is 30.5. The molecule has 0 spiro atoms. The van der Waals surface area contributed by atoms with E-state index in [1.54, 1.807) is 12.3 Å². The fourth-order valence-corrected chi connectivity index (χ4v) is 6.17. The van der Waals surface area contributed by atoms with Crippen LogP contribution in [0.2, 0.25) is 5.02 Å². The lowest BCUT2D eigenvalue weighted by atomic mass is 9.72. The maximum Gasteiger partial charge on any atom is 0.227 e. The number of anilines is 3. The van der Waals surface area contributed by atoms with Crippen molar-refractivity contribution in [2.45, 2.75) is 45.1 Å². The van der Waals surface area contributed by atoms with E-state index in [-0.39, 0.29) is 11.8 Å². The van der Waals surface area contributed by atoms with Crippen molar-refractivity contribution >= 4 is 45.5 Å². The maximum absolute atomic E-state index is 12.9. The zero-order valence-corrected chi connectivity index (χ0v) is 26.8. The number of halogens is 1. The molecule has 2 saturated carbocycles. The highest BCUT2D eigenvalue weighted by Gasteiger charge is 2.32. The van der Waals surface area contributed by atoms with E-state index in [0.29, 0.717) is 75.1 Å². The highest BCUT2D eigenvalue weighted by atomic mass is 35.5. The van der Waals surface area contributed by atoms with Crippen molar-refractivity contribution in [3.63, 3.8) is 0 Å². The molecule has 0 unspecified atom stereocenters. The van der Waals surface area contributed by atoms with Gasteiger partial charge >= 0.3 is 0 Å². The van der Waals surface area contributed by atoms with Gasteiger partial charge in [-0.15, -0.1) is 0 Å². The molecule has 47 heavy (non-hydrogen) atoms. The lowest BCUT2D eigenvalue weighted by molar-refractivity contribution is -0.117. The molecule has 8 nitrogen and oxygen atoms in total. The van der Waals surface area contributed by atoms with Crippen LogP contribution in [0.3, 0.4) is 0 Å². The number of aromatic nitrogens is 2. The fourth-order valence-electron chi connectivity index (χ4n) is 5.96. The third-order valence-corrected chi connectivity index (χ3v) is 9.28. The van der Waals surface area contributed by atoms with E-state index in [2.05, 4.69) is 50.9 Å². The zero-order valence-electron chi connectivity index (χ0n) is 26.0. The number of nitriles is 1. The summed E-state index contributed by atoms with van der Waals surface area (Å²) in [6.07, 6.45) is 7.16. The molecule has 2 aromatic heterocycles. The van der Waals surface area contributed by atoms with E-state index in [1.807, 2.05) is 49.4 Å². The number of aryl methyl sites for hydroxylation is 1. The van der Waals surface area contributed by atoms with Crippen LogP contribution >= 0.6 is 11.6 Å². The second-order valence-corrected chi connectivity index (χ2v) is 12.8. The van der Waals surface area contributed by atoms with E-state index in [1.165, 1.54) is 11.8 Å². The summed E-state index contributed by atoms with van der Waals surface area (Å²) in [5, 5.41) is 17.5. The van der Waals surface area contributed by atoms with Gasteiger partial charge in [-0.05, 0) is 79.8 Å². The van der Waals surface area contributed by atoms with E-state index in [4.69, 9.17) is 21.1 Å². The number of hydrogen-bond acceptors (Lipinski definition) is 7. The smallest absolute Gasteiger partial charge is 0.227 e. The fraction of sp³-hybridized carbons (Fsp3) is 0.263. The maximum atomic E-state index is 12.9. The van der Waals surface area contributed by atoms with Gasteiger partial charge in [-0.2, -0.15) is 5.26 Å². The molecule has 2 fully saturated rings. The molecular formula is C38H34ClN5O3. The van der Waals surface area contributed by atoms with Crippen LogP contribution in [0.15, 0.2) is 85.2 Å². The minimum absolute atomic E-state index is 0.0131. The molecule has 1 amide bonds. The van der Waals surface area contributed by atoms with Crippen molar-refractivity contribution in [3.05, 3.63) is 113 Å². The Kier molecular flexibility index (Phi) is 8.64. The first-order valence-corrected chi connectivity index (χ1v) is 16.3. The second kappa shape index (κ2) is 13.3. The van der Waals surface area contributed by atoms with Crippen molar-refractivity contribution in [2.75, 3.05) is 17.2 Å². The largest absolute Gasteiger partial charge is 0.491 e. The minimum atomic E-state index is -0.0274. The summed E-state index contributed by atoms with van der Waals surface area (Å²) in [5.74, 6) is 2.13. The molecule has 3 aromatic carbocycles. The minimum Gasteiger partial charge on any atom is -0.491 e. The Bertz CT molecular complexity index is 1980. The van der Waals surface area contributed by atoms with Crippen LogP contribution in [-0.4, -0.2) is 22.5 Å². The Morgan fingerprint density at radius 3 is 2.57 bits per heavy atom. The summed E-state index contributed by atoms with van der Waals surface area (Å²) < 4.78 is 12.3. The molecule has 2 aliphatic carbocycles. The predicted octanol–water partition coefficient (Wildman–Crippen LogP) is 8.71. The quantitative estimate of drug-likeness (QED) is 0.148. The highest BCUT2D eigenvalue weighted by molar-refractivity contribution is 6.33. The summed E-state index contributed by atoms with van der Waals surface area (Å²) in [6, 6.07) is 25.7. The number of carbonyl (C=O) groups excluding carboxylic acids is 1. The lowest BCUT2D eigenvalue weighted by Gasteiger charge is -2.35. The molecule has 0 atom stereocenters. The van der Waals surface area contributed by atoms with Gasteiger partial charge in [0, 0.05) is 35.8 Å². The number of fused-ring (bicyclic) bond motifs is 1. The molecule has 0 radical (unpaired) electrons. The molecule has 0 saturated heterocycles. The average Bonchev–Trinajstić information content (AvgIpc) is 3.92. The number of ether oxygens (including phenoxy) is 2. The number of rotatable bonds is 11. The molecular weight excluding hydrogens is 610 g/mol. The molecule has 0 aliphatic heterocycles. The predicted molar refractivity (Wildman–Crippen MR) is 183 cm³/mol. The Morgan fingerprint density at radius 1 is 1.00 bits per heavy atom. The SMILES string of the molecule is Cc1cccnc1COc1ccc(Nc2c(C#N)cnc3cc(OCC4CC(c5ccccc5)C4)c(NC(=O)C4CC4)cc23)c(Cl)c1. The van der Waals surface area contributed by atoms with Gasteiger partial charge in [0.2, 0.25) is 5.91 Å². The van der Waals surface area contributed by atoms with Crippen LogP contribution in [0.4, 0.5) is 17.1 Å². The van der Waals surface area contributed by atoms with Crippen LogP contribution in [0.1, 0.15) is 54.0 Å². The Balaban J connectivity index is 1.13. The number of amides is 1. The zero-order chi connectivity index (χ0) is 32.3. The Hall–Kier alpha value is -5.13. The number of pyridine rings is 2. The molecule has 2 N–H and O–H groups in total. The Morgan fingerprint density at radius 2 is 1.83 bits per heavy atom. The van der Waals surface area contributed by atoms with Crippen LogP contribution < -0.4 is 20.1 Å². The number of benzene rings is 3. The van der Waals surface area contributed by atoms with Gasteiger partial charge in [0.15, 0.2) is 0 Å². The summed E-state index contributed by atoms with van der Waals surface area (Å²) in [7, 11) is 0. The van der Waals surface area contributed by atoms with E-state index >= 15 is 0 Å². The van der Waals surface area contributed by atoms with Gasteiger partial charge in [0.25, 0.3) is 0 Å². The average molecular weight is 644 g/mol. The monoisotopic (exact) mass is 643 g/mol. The van der Waals surface area contributed by atoms with Gasteiger partial charge in [-0.3, -0.25) is 14.8 Å². The van der Waals surface area contributed by atoms with E-state index in [0.717, 1.165) is 36.9 Å². The van der Waals surface area contributed by atoms with E-state index in [9.17, 15) is 10.1 Å². The van der Waals surface area contributed by atoms with Gasteiger partial charge in [-0.1, -0.05) is 48.0 Å². The second-order valence-electron chi connectivity index (χ2n) is 12.4. The first-order valence-electron chi connectivity index (χ1n) is 15.9. The molecule has 236 valence electrons. The summed E-state index contributed by atoms with van der Waals surface area (Å²) in [4.78, 5) is 21.9. The Labute approximate surface area is 278 Å². The summed E-state index contributed by atoms with van der Waals surface area (Å²) in [5.41, 5.74) is 5.93. The van der Waals surface area contributed by atoms with Crippen molar-refractivity contribution in [3.8, 4) is 17.6 Å². The topological polar surface area (TPSA) is 109 Å². The van der Waals surface area contributed by atoms with Crippen LogP contribution in [-0.2, 0) is 11.4 Å². The number of carbonyl (C=O) groups is 1. The molecule has 2 aliphatic rings. The van der Waals surface area contributed by atoms with Crippen molar-refractivity contribution in [1.82, 2.24) is 9.97 Å². The summed E-state index contributed by atoms with van der Waals surface area (Å²) in [6.45, 7) is 2.86. The van der Waals surface area contributed by atoms with Crippen molar-refractivity contribution < 1.29 is 14.3 Å². The lowest BCUT2D eigenvalue weighted by Crippen LogP contribution is -2.27. The van der Waals surface area contributed by atoms with Gasteiger partial charge in [0.05, 0.1) is 45.5 Å². The van der Waals surface area contributed by atoms with Crippen molar-refractivity contribution in [2.24, 2.45) is 11.8 Å². The number of hydrogen-bond donors (Lipinski definition) is 2. The standard InChI is InChI=1S/C38H34ClN5O3/c1-23-6-5-13-41-35(23)22-46-29-11-12-32(31(39)16-29)43-37-28(19-40)20-42-33-18-36(34(17-30(33)37)44-38(45)26-9-10-26)47-21-24-14-27(15-24)25-7-3-2-4-8-25/h2-8,11-13,16-18,20,24,26-27H,9-10,14-15,21-22H2,1H3,(H,42,43)(H,44,45). The van der Waals surface area contributed by atoms with Gasteiger partial charge < -0.3 is 20.1 Å². The highest BCUT2D eigenvalue weighted by Crippen LogP contribution is 2.43. The molecule has 0 bridgehead atoms. The number of nitrogens with one attached hydrogen (secondary N) is 2. The summed E-state index contributed by atoms with van der Waals surface area (Å²) >= 11 is 6.71. The first-order chi connectivity index (χ1) is 22.9. The van der Waals surface area contributed by atoms with Gasteiger partial charge in [0.1, 0.15) is 24.2 Å². The molecule has 5 aromatic rings. The molecule has 2 heterocycles. The van der Waals surface area contributed by atoms with Crippen molar-refractivity contribution in [1.29, 1.82) is 5.26 Å². The normalized spacial score (nSPS) is 17.0. The number of nitrogens with zero attached hydrogens (tertiary/aromatic N) is 3. The third kappa shape index (κ3) is 6.86. The van der Waals surface area contributed by atoms with Gasteiger partial charge in [-0.25, -0.2) is 0 Å². The molecule has 9 heteroatoms. The third-order valence-electron chi connectivity index (χ3n) is 8.97. The van der Waals surface area contributed by atoms with Crippen LogP contribution in [0, 0.1) is 30.1 Å². The van der Waals surface area contributed by atoms with Crippen LogP contribution in [0.25, 0.3) is 10.9 Å². The molecule has 7 rings (SSSR count).